The molecular formula is C14H20F3N. The highest BCUT2D eigenvalue weighted by atomic mass is 19.4. The molecule has 0 atom stereocenters. The zero-order chi connectivity index (χ0) is 13.9. The molecule has 0 aliphatic carbocycles. The predicted octanol–water partition coefficient (Wildman–Crippen LogP) is 4.68. The van der Waals surface area contributed by atoms with Crippen molar-refractivity contribution in [3.05, 3.63) is 29.3 Å². The molecule has 0 aliphatic rings. The van der Waals surface area contributed by atoms with Gasteiger partial charge in [0.05, 0.1) is 5.56 Å². The number of anilines is 1. The van der Waals surface area contributed by atoms with Crippen LogP contribution in [0, 0.1) is 0 Å². The Morgan fingerprint density at radius 3 is 2.06 bits per heavy atom. The SMILES string of the molecule is CCN(CC)c1ccc(C(C)C)cc1C(F)(F)F. The van der Waals surface area contributed by atoms with E-state index in [4.69, 9.17) is 0 Å². The summed E-state index contributed by atoms with van der Waals surface area (Å²) < 4.78 is 39.3. The summed E-state index contributed by atoms with van der Waals surface area (Å²) in [4.78, 5) is 1.73. The Morgan fingerprint density at radius 1 is 1.11 bits per heavy atom. The average Bonchev–Trinajstić information content (AvgIpc) is 2.29. The monoisotopic (exact) mass is 259 g/mol. The number of nitrogens with zero attached hydrogens (tertiary/aromatic N) is 1. The minimum Gasteiger partial charge on any atom is -0.372 e. The Kier molecular flexibility index (Phi) is 4.65. The summed E-state index contributed by atoms with van der Waals surface area (Å²) in [5.74, 6) is 0.0943. The first-order valence-corrected chi connectivity index (χ1v) is 6.27. The van der Waals surface area contributed by atoms with Gasteiger partial charge in [-0.15, -0.1) is 0 Å². The topological polar surface area (TPSA) is 3.24 Å². The lowest BCUT2D eigenvalue weighted by molar-refractivity contribution is -0.137. The smallest absolute Gasteiger partial charge is 0.372 e. The van der Waals surface area contributed by atoms with Gasteiger partial charge in [-0.05, 0) is 37.5 Å². The van der Waals surface area contributed by atoms with Crippen molar-refractivity contribution in [2.24, 2.45) is 0 Å². The fraction of sp³-hybridized carbons (Fsp3) is 0.571. The van der Waals surface area contributed by atoms with Gasteiger partial charge in [-0.3, -0.25) is 0 Å². The normalized spacial score (nSPS) is 12.0. The lowest BCUT2D eigenvalue weighted by Gasteiger charge is -2.26. The van der Waals surface area contributed by atoms with E-state index in [9.17, 15) is 13.2 Å². The molecule has 0 heterocycles. The molecule has 0 aromatic heterocycles. The highest BCUT2D eigenvalue weighted by Crippen LogP contribution is 2.38. The van der Waals surface area contributed by atoms with E-state index in [1.165, 1.54) is 6.07 Å². The number of hydrogen-bond donors (Lipinski definition) is 0. The summed E-state index contributed by atoms with van der Waals surface area (Å²) in [5.41, 5.74) is 0.465. The number of halogens is 3. The molecule has 0 N–H and O–H groups in total. The largest absolute Gasteiger partial charge is 0.418 e. The number of rotatable bonds is 4. The average molecular weight is 259 g/mol. The van der Waals surface area contributed by atoms with Gasteiger partial charge in [-0.1, -0.05) is 19.9 Å². The molecule has 0 saturated carbocycles. The van der Waals surface area contributed by atoms with Crippen molar-refractivity contribution in [3.63, 3.8) is 0 Å². The molecule has 0 saturated heterocycles. The van der Waals surface area contributed by atoms with Gasteiger partial charge in [-0.2, -0.15) is 13.2 Å². The lowest BCUT2D eigenvalue weighted by Crippen LogP contribution is -2.25. The molecule has 1 nitrogen and oxygen atoms in total. The molecule has 1 rings (SSSR count). The molecule has 0 bridgehead atoms. The highest BCUT2D eigenvalue weighted by molar-refractivity contribution is 5.56. The van der Waals surface area contributed by atoms with Gasteiger partial charge in [0.1, 0.15) is 0 Å². The Balaban J connectivity index is 3.34. The van der Waals surface area contributed by atoms with Crippen molar-refractivity contribution >= 4 is 5.69 Å². The van der Waals surface area contributed by atoms with Gasteiger partial charge in [0, 0.05) is 18.8 Å². The van der Waals surface area contributed by atoms with E-state index in [-0.39, 0.29) is 11.6 Å². The number of benzene rings is 1. The number of alkyl halides is 3. The molecule has 0 unspecified atom stereocenters. The summed E-state index contributed by atoms with van der Waals surface area (Å²) in [6.45, 7) is 8.65. The van der Waals surface area contributed by atoms with Gasteiger partial charge in [0.2, 0.25) is 0 Å². The van der Waals surface area contributed by atoms with Gasteiger partial charge in [-0.25, -0.2) is 0 Å². The van der Waals surface area contributed by atoms with Crippen molar-refractivity contribution < 1.29 is 13.2 Å². The fourth-order valence-corrected chi connectivity index (χ4v) is 1.98. The second-order valence-corrected chi connectivity index (χ2v) is 4.60. The first-order chi connectivity index (χ1) is 8.31. The second-order valence-electron chi connectivity index (χ2n) is 4.60. The zero-order valence-corrected chi connectivity index (χ0v) is 11.3. The van der Waals surface area contributed by atoms with E-state index in [2.05, 4.69) is 0 Å². The molecule has 1 aromatic carbocycles. The Morgan fingerprint density at radius 2 is 1.67 bits per heavy atom. The molecule has 0 spiro atoms. The highest BCUT2D eigenvalue weighted by Gasteiger charge is 2.35. The third-order valence-electron chi connectivity index (χ3n) is 3.10. The molecule has 102 valence electrons. The maximum Gasteiger partial charge on any atom is 0.418 e. The Hall–Kier alpha value is -1.19. The maximum atomic E-state index is 13.1. The van der Waals surface area contributed by atoms with Crippen LogP contribution in [0.15, 0.2) is 18.2 Å². The maximum absolute atomic E-state index is 13.1. The number of hydrogen-bond acceptors (Lipinski definition) is 1. The Labute approximate surface area is 107 Å². The van der Waals surface area contributed by atoms with E-state index < -0.39 is 11.7 Å². The van der Waals surface area contributed by atoms with Gasteiger partial charge in [0.15, 0.2) is 0 Å². The summed E-state index contributed by atoms with van der Waals surface area (Å²) in [6.07, 6.45) is -4.30. The van der Waals surface area contributed by atoms with Crippen LogP contribution in [-0.2, 0) is 6.18 Å². The van der Waals surface area contributed by atoms with Gasteiger partial charge < -0.3 is 4.90 Å². The molecule has 18 heavy (non-hydrogen) atoms. The minimum absolute atomic E-state index is 0.0943. The zero-order valence-electron chi connectivity index (χ0n) is 11.3. The van der Waals surface area contributed by atoms with E-state index in [1.807, 2.05) is 27.7 Å². The predicted molar refractivity (Wildman–Crippen MR) is 69.1 cm³/mol. The fourth-order valence-electron chi connectivity index (χ4n) is 1.98. The van der Waals surface area contributed by atoms with Crippen LogP contribution in [0.4, 0.5) is 18.9 Å². The summed E-state index contributed by atoms with van der Waals surface area (Å²) >= 11 is 0. The third kappa shape index (κ3) is 3.18. The first kappa shape index (κ1) is 14.9. The van der Waals surface area contributed by atoms with Crippen LogP contribution in [-0.4, -0.2) is 13.1 Å². The molecule has 0 aliphatic heterocycles. The van der Waals surface area contributed by atoms with Crippen molar-refractivity contribution in [3.8, 4) is 0 Å². The summed E-state index contributed by atoms with van der Waals surface area (Å²) in [6, 6.07) is 4.65. The van der Waals surface area contributed by atoms with Crippen LogP contribution in [0.2, 0.25) is 0 Å². The van der Waals surface area contributed by atoms with Crippen LogP contribution < -0.4 is 4.90 Å². The van der Waals surface area contributed by atoms with Crippen molar-refractivity contribution in [2.45, 2.75) is 39.8 Å². The third-order valence-corrected chi connectivity index (χ3v) is 3.10. The van der Waals surface area contributed by atoms with Crippen LogP contribution in [0.5, 0.6) is 0 Å². The van der Waals surface area contributed by atoms with E-state index in [0.29, 0.717) is 13.1 Å². The summed E-state index contributed by atoms with van der Waals surface area (Å²) in [7, 11) is 0. The molecule has 4 heteroatoms. The molecule has 0 radical (unpaired) electrons. The Bertz CT molecular complexity index is 393. The summed E-state index contributed by atoms with van der Waals surface area (Å²) in [5, 5.41) is 0. The standard InChI is InChI=1S/C14H20F3N/c1-5-18(6-2)13-8-7-11(10(3)4)9-12(13)14(15,16)17/h7-10H,5-6H2,1-4H3. The molecule has 0 fully saturated rings. The van der Waals surface area contributed by atoms with Gasteiger partial charge >= 0.3 is 6.18 Å². The molecule has 0 amide bonds. The van der Waals surface area contributed by atoms with Crippen molar-refractivity contribution in [1.29, 1.82) is 0 Å². The van der Waals surface area contributed by atoms with E-state index in [1.54, 1.807) is 17.0 Å². The van der Waals surface area contributed by atoms with Crippen LogP contribution >= 0.6 is 0 Å². The molecule has 1 aromatic rings. The van der Waals surface area contributed by atoms with E-state index >= 15 is 0 Å². The molecular weight excluding hydrogens is 239 g/mol. The van der Waals surface area contributed by atoms with Crippen LogP contribution in [0.25, 0.3) is 0 Å². The minimum atomic E-state index is -4.30. The van der Waals surface area contributed by atoms with E-state index in [0.717, 1.165) is 5.56 Å². The lowest BCUT2D eigenvalue weighted by atomic mass is 9.99. The first-order valence-electron chi connectivity index (χ1n) is 6.27. The van der Waals surface area contributed by atoms with Gasteiger partial charge in [0.25, 0.3) is 0 Å². The quantitative estimate of drug-likeness (QED) is 0.759. The van der Waals surface area contributed by atoms with Crippen LogP contribution in [0.3, 0.4) is 0 Å². The second kappa shape index (κ2) is 5.63. The van der Waals surface area contributed by atoms with Crippen molar-refractivity contribution in [2.75, 3.05) is 18.0 Å². The van der Waals surface area contributed by atoms with Crippen LogP contribution in [0.1, 0.15) is 44.7 Å². The van der Waals surface area contributed by atoms with Crippen molar-refractivity contribution in [1.82, 2.24) is 0 Å².